The molecule has 0 atom stereocenters. The van der Waals surface area contributed by atoms with Gasteiger partial charge in [-0.15, -0.1) is 0 Å². The van der Waals surface area contributed by atoms with Gasteiger partial charge in [-0.05, 0) is 73.1 Å². The number of benzene rings is 3. The monoisotopic (exact) mass is 503 g/mol. The third-order valence-corrected chi connectivity index (χ3v) is 6.52. The molecule has 0 spiro atoms. The van der Waals surface area contributed by atoms with Crippen LogP contribution >= 0.6 is 23.4 Å². The molecule has 0 unspecified atom stereocenters. The molecule has 0 saturated carbocycles. The van der Waals surface area contributed by atoms with E-state index in [0.717, 1.165) is 16.7 Å². The lowest BCUT2D eigenvalue weighted by molar-refractivity contribution is -0.115. The van der Waals surface area contributed by atoms with Gasteiger partial charge in [-0.25, -0.2) is 4.99 Å². The highest BCUT2D eigenvalue weighted by Crippen LogP contribution is 2.34. The number of carbonyl (C=O) groups excluding carboxylic acids is 1. The number of halogens is 1. The molecule has 35 heavy (non-hydrogen) atoms. The lowest BCUT2D eigenvalue weighted by Gasteiger charge is -2.13. The Morgan fingerprint density at radius 1 is 1.11 bits per heavy atom. The molecule has 1 aliphatic rings. The SMILES string of the molecule is CCOc1cc(/C=C2/SC(=Nc3cccc(Cl)c3C)NC2=O)ccc1OCc1ccccc1C#N. The van der Waals surface area contributed by atoms with Crippen molar-refractivity contribution < 1.29 is 14.3 Å². The number of nitriles is 1. The Morgan fingerprint density at radius 2 is 1.94 bits per heavy atom. The van der Waals surface area contributed by atoms with Crippen molar-refractivity contribution in [2.45, 2.75) is 20.5 Å². The molecule has 0 bridgehead atoms. The van der Waals surface area contributed by atoms with Gasteiger partial charge in [0.2, 0.25) is 0 Å². The van der Waals surface area contributed by atoms with Crippen LogP contribution in [0.3, 0.4) is 0 Å². The van der Waals surface area contributed by atoms with Gasteiger partial charge in [0.1, 0.15) is 6.61 Å². The van der Waals surface area contributed by atoms with Crippen LogP contribution in [-0.4, -0.2) is 17.7 Å². The normalized spacial score (nSPS) is 15.2. The number of hydrogen-bond donors (Lipinski definition) is 1. The van der Waals surface area contributed by atoms with Crippen LogP contribution in [0.15, 0.2) is 70.6 Å². The summed E-state index contributed by atoms with van der Waals surface area (Å²) in [5, 5.41) is 13.2. The van der Waals surface area contributed by atoms with Crippen molar-refractivity contribution in [3.63, 3.8) is 0 Å². The number of nitrogens with zero attached hydrogens (tertiary/aromatic N) is 2. The average molecular weight is 504 g/mol. The highest BCUT2D eigenvalue weighted by Gasteiger charge is 2.24. The Labute approximate surface area is 213 Å². The van der Waals surface area contributed by atoms with E-state index in [0.29, 0.717) is 44.5 Å². The number of ether oxygens (including phenoxy) is 2. The number of aliphatic imine (C=N–C) groups is 1. The molecular formula is C27H22ClN3O3S. The van der Waals surface area contributed by atoms with E-state index in [1.807, 2.05) is 56.3 Å². The van der Waals surface area contributed by atoms with E-state index in [9.17, 15) is 10.1 Å². The molecule has 0 aromatic heterocycles. The summed E-state index contributed by atoms with van der Waals surface area (Å²) in [7, 11) is 0. The molecule has 6 nitrogen and oxygen atoms in total. The molecule has 1 saturated heterocycles. The summed E-state index contributed by atoms with van der Waals surface area (Å²) >= 11 is 7.44. The summed E-state index contributed by atoms with van der Waals surface area (Å²) in [6.45, 7) is 4.47. The zero-order chi connectivity index (χ0) is 24.8. The predicted molar refractivity (Wildman–Crippen MR) is 140 cm³/mol. The van der Waals surface area contributed by atoms with Crippen molar-refractivity contribution in [3.05, 3.63) is 92.8 Å². The second-order valence-electron chi connectivity index (χ2n) is 7.56. The fourth-order valence-electron chi connectivity index (χ4n) is 3.37. The molecule has 3 aromatic rings. The first kappa shape index (κ1) is 24.4. The van der Waals surface area contributed by atoms with Gasteiger partial charge < -0.3 is 14.8 Å². The molecule has 1 aliphatic heterocycles. The van der Waals surface area contributed by atoms with Crippen LogP contribution in [0.4, 0.5) is 5.69 Å². The van der Waals surface area contributed by atoms with Crippen LogP contribution in [0, 0.1) is 18.3 Å². The second-order valence-corrected chi connectivity index (χ2v) is 9.00. The Hall–Kier alpha value is -3.73. The molecule has 1 fully saturated rings. The first-order valence-corrected chi connectivity index (χ1v) is 12.1. The number of amides is 1. The van der Waals surface area contributed by atoms with E-state index in [-0.39, 0.29) is 12.5 Å². The highest BCUT2D eigenvalue weighted by molar-refractivity contribution is 8.18. The fraction of sp³-hybridized carbons (Fsp3) is 0.148. The van der Waals surface area contributed by atoms with E-state index < -0.39 is 0 Å². The quantitative estimate of drug-likeness (QED) is 0.378. The summed E-state index contributed by atoms with van der Waals surface area (Å²) in [4.78, 5) is 17.6. The van der Waals surface area contributed by atoms with Crippen LogP contribution in [0.25, 0.3) is 6.08 Å². The maximum Gasteiger partial charge on any atom is 0.264 e. The van der Waals surface area contributed by atoms with Crippen molar-refractivity contribution in [1.29, 1.82) is 5.26 Å². The van der Waals surface area contributed by atoms with Crippen molar-refractivity contribution in [3.8, 4) is 17.6 Å². The molecule has 3 aromatic carbocycles. The van der Waals surface area contributed by atoms with Crippen LogP contribution in [0.5, 0.6) is 11.5 Å². The molecule has 0 aliphatic carbocycles. The van der Waals surface area contributed by atoms with E-state index in [2.05, 4.69) is 16.4 Å². The summed E-state index contributed by atoms with van der Waals surface area (Å²) < 4.78 is 11.7. The topological polar surface area (TPSA) is 83.7 Å². The molecule has 1 amide bonds. The van der Waals surface area contributed by atoms with E-state index >= 15 is 0 Å². The highest BCUT2D eigenvalue weighted by atomic mass is 35.5. The first-order chi connectivity index (χ1) is 17.0. The first-order valence-electron chi connectivity index (χ1n) is 10.9. The molecule has 1 heterocycles. The minimum Gasteiger partial charge on any atom is -0.490 e. The van der Waals surface area contributed by atoms with Crippen LogP contribution < -0.4 is 14.8 Å². The smallest absolute Gasteiger partial charge is 0.264 e. The van der Waals surface area contributed by atoms with Crippen LogP contribution in [0.1, 0.15) is 29.2 Å². The summed E-state index contributed by atoms with van der Waals surface area (Å²) in [5.74, 6) is 0.895. The predicted octanol–water partition coefficient (Wildman–Crippen LogP) is 6.39. The Morgan fingerprint density at radius 3 is 2.74 bits per heavy atom. The van der Waals surface area contributed by atoms with Crippen LogP contribution in [-0.2, 0) is 11.4 Å². The van der Waals surface area contributed by atoms with E-state index in [1.54, 1.807) is 24.3 Å². The number of thioether (sulfide) groups is 1. The molecule has 8 heteroatoms. The Bertz CT molecular complexity index is 1380. The molecule has 4 rings (SSSR count). The van der Waals surface area contributed by atoms with Gasteiger partial charge in [0.15, 0.2) is 16.7 Å². The number of nitrogens with one attached hydrogen (secondary N) is 1. The third-order valence-electron chi connectivity index (χ3n) is 5.20. The van der Waals surface area contributed by atoms with Crippen molar-refractivity contribution in [2.75, 3.05) is 6.61 Å². The molecule has 1 N–H and O–H groups in total. The maximum absolute atomic E-state index is 12.5. The van der Waals surface area contributed by atoms with Gasteiger partial charge in [0.25, 0.3) is 5.91 Å². The van der Waals surface area contributed by atoms with E-state index in [4.69, 9.17) is 21.1 Å². The van der Waals surface area contributed by atoms with Crippen LogP contribution in [0.2, 0.25) is 5.02 Å². The molecule has 0 radical (unpaired) electrons. The van der Waals surface area contributed by atoms with Crippen molar-refractivity contribution in [2.24, 2.45) is 4.99 Å². The Kier molecular flexibility index (Phi) is 7.76. The maximum atomic E-state index is 12.5. The number of hydrogen-bond acceptors (Lipinski definition) is 6. The molecule has 176 valence electrons. The lowest BCUT2D eigenvalue weighted by Crippen LogP contribution is -2.19. The average Bonchev–Trinajstić information content (AvgIpc) is 3.20. The molecular weight excluding hydrogens is 482 g/mol. The minimum atomic E-state index is -0.222. The van der Waals surface area contributed by atoms with Gasteiger partial charge in [-0.1, -0.05) is 41.9 Å². The zero-order valence-electron chi connectivity index (χ0n) is 19.2. The number of rotatable bonds is 7. The number of amidine groups is 1. The van der Waals surface area contributed by atoms with Gasteiger partial charge >= 0.3 is 0 Å². The summed E-state index contributed by atoms with van der Waals surface area (Å²) in [5.41, 5.74) is 3.71. The number of carbonyl (C=O) groups is 1. The summed E-state index contributed by atoms with van der Waals surface area (Å²) in [6.07, 6.45) is 1.78. The zero-order valence-corrected chi connectivity index (χ0v) is 20.7. The second kappa shape index (κ2) is 11.1. The van der Waals surface area contributed by atoms with Gasteiger partial charge in [-0.2, -0.15) is 5.26 Å². The fourth-order valence-corrected chi connectivity index (χ4v) is 4.38. The summed E-state index contributed by atoms with van der Waals surface area (Å²) in [6, 6.07) is 20.4. The third kappa shape index (κ3) is 5.86. The van der Waals surface area contributed by atoms with Gasteiger partial charge in [-0.3, -0.25) is 4.79 Å². The van der Waals surface area contributed by atoms with Crippen molar-refractivity contribution in [1.82, 2.24) is 5.32 Å². The standard InChI is InChI=1S/C27H22ClN3O3S/c1-3-33-24-13-18(11-12-23(24)34-16-20-8-5-4-7-19(20)15-29)14-25-26(32)31-27(35-25)30-22-10-6-9-21(28)17(22)2/h4-14H,3,16H2,1-2H3,(H,30,31,32)/b25-14+. The lowest BCUT2D eigenvalue weighted by atomic mass is 10.1. The Balaban J connectivity index is 1.54. The van der Waals surface area contributed by atoms with Crippen molar-refractivity contribution >= 4 is 46.2 Å². The largest absolute Gasteiger partial charge is 0.490 e. The van der Waals surface area contributed by atoms with Gasteiger partial charge in [0, 0.05) is 10.6 Å². The van der Waals surface area contributed by atoms with E-state index in [1.165, 1.54) is 11.8 Å². The van der Waals surface area contributed by atoms with Gasteiger partial charge in [0.05, 0.1) is 28.8 Å². The minimum absolute atomic E-state index is 0.222.